The summed E-state index contributed by atoms with van der Waals surface area (Å²) in [5, 5.41) is 12.4. The van der Waals surface area contributed by atoms with E-state index in [1.54, 1.807) is 0 Å². The van der Waals surface area contributed by atoms with Crippen molar-refractivity contribution in [1.82, 2.24) is 0 Å². The highest BCUT2D eigenvalue weighted by atomic mass is 31.1. The van der Waals surface area contributed by atoms with Gasteiger partial charge in [-0.05, 0) is 41.3 Å². The zero-order valence-electron chi connectivity index (χ0n) is 19.7. The van der Waals surface area contributed by atoms with Crippen LogP contribution < -0.4 is 10.2 Å². The molecule has 0 aromatic heterocycles. The Morgan fingerprint density at radius 3 is 2.24 bits per heavy atom. The first-order valence-corrected chi connectivity index (χ1v) is 11.9. The molecule has 0 aliphatic carbocycles. The number of aromatic hydroxyl groups is 1. The molecule has 0 amide bonds. The molecule has 160 valence electrons. The summed E-state index contributed by atoms with van der Waals surface area (Å²) in [6.45, 7) is 13.4. The third kappa shape index (κ3) is 5.76. The van der Waals surface area contributed by atoms with E-state index in [0.717, 1.165) is 17.5 Å². The van der Waals surface area contributed by atoms with E-state index in [0.29, 0.717) is 14.3 Å². The summed E-state index contributed by atoms with van der Waals surface area (Å²) in [4.78, 5) is 2.20. The lowest BCUT2D eigenvalue weighted by Crippen LogP contribution is -2.24. The maximum absolute atomic E-state index is 11.1. The molecule has 0 bridgehead atoms. The first kappa shape index (κ1) is 23.7. The highest BCUT2D eigenvalue weighted by Crippen LogP contribution is 2.50. The molecule has 2 nitrogen and oxygen atoms in total. The molecule has 0 fully saturated rings. The second kappa shape index (κ2) is 9.52. The topological polar surface area (TPSA) is 23.5 Å². The molecule has 1 N–H and O–H groups in total. The molecule has 0 radical (unpaired) electrons. The highest BCUT2D eigenvalue weighted by molar-refractivity contribution is 7.49. The predicted molar refractivity (Wildman–Crippen MR) is 132 cm³/mol. The molecule has 2 atom stereocenters. The molecule has 0 aliphatic heterocycles. The first-order valence-electron chi connectivity index (χ1n) is 10.9. The zero-order valence-corrected chi connectivity index (χ0v) is 20.7. The monoisotopic (exact) mass is 413 g/mol. The van der Waals surface area contributed by atoms with Crippen LogP contribution >= 0.6 is 8.58 Å². The van der Waals surface area contributed by atoms with Gasteiger partial charge in [0, 0.05) is 30.5 Å². The van der Waals surface area contributed by atoms with E-state index in [1.807, 2.05) is 6.92 Å². The van der Waals surface area contributed by atoms with Crippen LogP contribution in [-0.4, -0.2) is 19.2 Å². The van der Waals surface area contributed by atoms with Crippen molar-refractivity contribution in [3.8, 4) is 5.75 Å². The van der Waals surface area contributed by atoms with Crippen LogP contribution in [0.4, 0.5) is 5.69 Å². The fraction of sp³-hybridized carbons (Fsp3) is 0.538. The molecule has 0 spiro atoms. The van der Waals surface area contributed by atoms with E-state index in [4.69, 9.17) is 0 Å². The SMILES string of the molecule is CCCCCC(C)(Pc1ccccc1N(C)C)c1cc(C(C)(C)C)cc(C)c1O. The lowest BCUT2D eigenvalue weighted by molar-refractivity contribution is 0.444. The molecule has 0 saturated carbocycles. The van der Waals surface area contributed by atoms with Gasteiger partial charge >= 0.3 is 0 Å². The van der Waals surface area contributed by atoms with Gasteiger partial charge in [-0.2, -0.15) is 0 Å². The molecule has 2 rings (SSSR count). The molecule has 3 heteroatoms. The summed E-state index contributed by atoms with van der Waals surface area (Å²) >= 11 is 0. The minimum Gasteiger partial charge on any atom is -0.507 e. The number of phenols is 1. The van der Waals surface area contributed by atoms with Gasteiger partial charge in [0.25, 0.3) is 0 Å². The Labute approximate surface area is 180 Å². The van der Waals surface area contributed by atoms with E-state index >= 15 is 0 Å². The standard InChI is InChI=1S/C26H40NOP/c1-9-10-13-16-26(6,29-23-15-12-11-14-22(23)27(7)8)21-18-20(25(3,4)5)17-19(2)24(21)28/h11-12,14-15,17-18,28-29H,9-10,13,16H2,1-8H3. The molecule has 2 aromatic rings. The number of aryl methyl sites for hydroxylation is 1. The Morgan fingerprint density at radius 2 is 1.66 bits per heavy atom. The van der Waals surface area contributed by atoms with Gasteiger partial charge in [-0.3, -0.25) is 0 Å². The summed E-state index contributed by atoms with van der Waals surface area (Å²) in [6, 6.07) is 13.1. The number of unbranched alkanes of at least 4 members (excludes halogenated alkanes) is 2. The van der Waals surface area contributed by atoms with Gasteiger partial charge in [0.2, 0.25) is 0 Å². The van der Waals surface area contributed by atoms with Gasteiger partial charge in [-0.25, -0.2) is 0 Å². The second-order valence-electron chi connectivity index (χ2n) is 9.77. The van der Waals surface area contributed by atoms with Crippen LogP contribution in [-0.2, 0) is 10.6 Å². The number of hydrogen-bond acceptors (Lipinski definition) is 2. The fourth-order valence-electron chi connectivity index (χ4n) is 3.89. The van der Waals surface area contributed by atoms with Crippen molar-refractivity contribution in [2.75, 3.05) is 19.0 Å². The molecule has 0 heterocycles. The van der Waals surface area contributed by atoms with Gasteiger partial charge in [-0.15, -0.1) is 0 Å². The van der Waals surface area contributed by atoms with Crippen molar-refractivity contribution in [3.63, 3.8) is 0 Å². The maximum Gasteiger partial charge on any atom is 0.122 e. The third-order valence-corrected chi connectivity index (χ3v) is 7.60. The Kier molecular flexibility index (Phi) is 7.80. The minimum atomic E-state index is -0.0859. The van der Waals surface area contributed by atoms with E-state index in [-0.39, 0.29) is 10.6 Å². The van der Waals surface area contributed by atoms with Crippen molar-refractivity contribution >= 4 is 19.6 Å². The van der Waals surface area contributed by atoms with Crippen LogP contribution in [0.15, 0.2) is 36.4 Å². The number of phenolic OH excluding ortho intramolecular Hbond substituents is 1. The van der Waals surface area contributed by atoms with Crippen molar-refractivity contribution < 1.29 is 5.11 Å². The number of hydrogen-bond donors (Lipinski definition) is 1. The maximum atomic E-state index is 11.1. The highest BCUT2D eigenvalue weighted by Gasteiger charge is 2.32. The van der Waals surface area contributed by atoms with Crippen molar-refractivity contribution in [1.29, 1.82) is 0 Å². The van der Waals surface area contributed by atoms with Crippen molar-refractivity contribution in [3.05, 3.63) is 53.1 Å². The molecule has 2 unspecified atom stereocenters. The van der Waals surface area contributed by atoms with Crippen LogP contribution in [0, 0.1) is 6.92 Å². The predicted octanol–water partition coefficient (Wildman–Crippen LogP) is 6.86. The van der Waals surface area contributed by atoms with Gasteiger partial charge in [0.1, 0.15) is 5.75 Å². The third-order valence-electron chi connectivity index (χ3n) is 5.84. The van der Waals surface area contributed by atoms with Crippen LogP contribution in [0.3, 0.4) is 0 Å². The number of nitrogens with zero attached hydrogens (tertiary/aromatic N) is 1. The lowest BCUT2D eigenvalue weighted by Gasteiger charge is -2.34. The van der Waals surface area contributed by atoms with Gasteiger partial charge in [0.05, 0.1) is 0 Å². The summed E-state index contributed by atoms with van der Waals surface area (Å²) < 4.78 is 0. The number of anilines is 1. The van der Waals surface area contributed by atoms with Gasteiger partial charge < -0.3 is 10.0 Å². The molecule has 0 aliphatic rings. The molecular weight excluding hydrogens is 373 g/mol. The summed E-state index contributed by atoms with van der Waals surface area (Å²) in [7, 11) is 4.82. The van der Waals surface area contributed by atoms with E-state index < -0.39 is 0 Å². The van der Waals surface area contributed by atoms with Crippen molar-refractivity contribution in [2.24, 2.45) is 0 Å². The Hall–Kier alpha value is -1.53. The number of benzene rings is 2. The molecule has 29 heavy (non-hydrogen) atoms. The van der Waals surface area contributed by atoms with E-state index in [1.165, 1.54) is 35.8 Å². The van der Waals surface area contributed by atoms with E-state index in [9.17, 15) is 5.11 Å². The van der Waals surface area contributed by atoms with Crippen LogP contribution in [0.1, 0.15) is 77.0 Å². The van der Waals surface area contributed by atoms with Crippen LogP contribution in [0.25, 0.3) is 0 Å². The molecule has 2 aromatic carbocycles. The fourth-order valence-corrected chi connectivity index (χ4v) is 5.73. The van der Waals surface area contributed by atoms with Crippen LogP contribution in [0.5, 0.6) is 5.75 Å². The minimum absolute atomic E-state index is 0.0577. The Bertz CT molecular complexity index is 822. The zero-order chi connectivity index (χ0) is 21.8. The average Bonchev–Trinajstić information content (AvgIpc) is 2.63. The van der Waals surface area contributed by atoms with Crippen molar-refractivity contribution in [2.45, 2.75) is 77.8 Å². The normalized spacial score (nSPS) is 14.3. The quantitative estimate of drug-likeness (QED) is 0.377. The Morgan fingerprint density at radius 1 is 1.00 bits per heavy atom. The van der Waals surface area contributed by atoms with E-state index in [2.05, 4.69) is 90.0 Å². The first-order chi connectivity index (χ1) is 13.5. The summed E-state index contributed by atoms with van der Waals surface area (Å²) in [5.74, 6) is 0.479. The van der Waals surface area contributed by atoms with Gasteiger partial charge in [0.15, 0.2) is 0 Å². The Balaban J connectivity index is 2.60. The number of rotatable bonds is 8. The molecule has 0 saturated heterocycles. The second-order valence-corrected chi connectivity index (χ2v) is 11.7. The smallest absolute Gasteiger partial charge is 0.122 e. The van der Waals surface area contributed by atoms with Gasteiger partial charge in [-0.1, -0.05) is 92.8 Å². The number of para-hydroxylation sites is 1. The summed E-state index contributed by atoms with van der Waals surface area (Å²) in [6.07, 6.45) is 4.71. The average molecular weight is 414 g/mol. The molecular formula is C26H40NOP. The largest absolute Gasteiger partial charge is 0.507 e. The lowest BCUT2D eigenvalue weighted by atomic mass is 9.82. The van der Waals surface area contributed by atoms with Crippen LogP contribution in [0.2, 0.25) is 0 Å². The summed E-state index contributed by atoms with van der Waals surface area (Å²) in [5.41, 5.74) is 4.73.